The van der Waals surface area contributed by atoms with Crippen LogP contribution < -0.4 is 10.1 Å². The summed E-state index contributed by atoms with van der Waals surface area (Å²) in [6.07, 6.45) is 2.49. The summed E-state index contributed by atoms with van der Waals surface area (Å²) in [6, 6.07) is 16.2. The van der Waals surface area contributed by atoms with Gasteiger partial charge in [-0.15, -0.1) is 0 Å². The number of hydrogen-bond acceptors (Lipinski definition) is 4. The van der Waals surface area contributed by atoms with Gasteiger partial charge in [-0.2, -0.15) is 0 Å². The summed E-state index contributed by atoms with van der Waals surface area (Å²) in [5.74, 6) is 0.0218. The highest BCUT2D eigenvalue weighted by Crippen LogP contribution is 2.25. The molecule has 0 aliphatic carbocycles. The minimum atomic E-state index is -0.258. The Morgan fingerprint density at radius 3 is 2.83 bits per heavy atom. The number of nitrogens with zero attached hydrogens (tertiary/aromatic N) is 2. The highest BCUT2D eigenvalue weighted by atomic mass is 19.1. The third-order valence-electron chi connectivity index (χ3n) is 5.11. The number of ether oxygens (including phenoxy) is 1. The molecule has 1 amide bonds. The number of benzene rings is 2. The van der Waals surface area contributed by atoms with Crippen molar-refractivity contribution in [2.24, 2.45) is 0 Å². The monoisotopic (exact) mass is 391 g/mol. The third-order valence-corrected chi connectivity index (χ3v) is 5.11. The van der Waals surface area contributed by atoms with Gasteiger partial charge in [-0.1, -0.05) is 18.2 Å². The summed E-state index contributed by atoms with van der Waals surface area (Å²) >= 11 is 0. The molecule has 1 N–H and O–H groups in total. The second kappa shape index (κ2) is 8.41. The van der Waals surface area contributed by atoms with Gasteiger partial charge in [0.25, 0.3) is 5.91 Å². The number of aromatic nitrogens is 1. The number of amides is 1. The van der Waals surface area contributed by atoms with Crippen molar-refractivity contribution in [3.8, 4) is 5.75 Å². The third kappa shape index (κ3) is 4.43. The average molecular weight is 391 g/mol. The Balaban J connectivity index is 1.46. The Hall–Kier alpha value is -3.25. The molecule has 0 unspecified atom stereocenters. The molecular formula is C23H22FN3O2. The Kier molecular flexibility index (Phi) is 5.53. The van der Waals surface area contributed by atoms with Crippen molar-refractivity contribution in [2.45, 2.75) is 19.5 Å². The van der Waals surface area contributed by atoms with Gasteiger partial charge in [0, 0.05) is 43.1 Å². The van der Waals surface area contributed by atoms with Gasteiger partial charge >= 0.3 is 0 Å². The molecule has 0 radical (unpaired) electrons. The van der Waals surface area contributed by atoms with E-state index < -0.39 is 0 Å². The summed E-state index contributed by atoms with van der Waals surface area (Å²) in [6.45, 7) is 2.09. The van der Waals surface area contributed by atoms with Gasteiger partial charge in [0.2, 0.25) is 0 Å². The molecule has 5 nitrogen and oxygen atoms in total. The fourth-order valence-electron chi connectivity index (χ4n) is 3.54. The lowest BCUT2D eigenvalue weighted by atomic mass is 9.98. The molecule has 29 heavy (non-hydrogen) atoms. The van der Waals surface area contributed by atoms with E-state index in [2.05, 4.69) is 21.3 Å². The summed E-state index contributed by atoms with van der Waals surface area (Å²) in [4.78, 5) is 18.6. The lowest BCUT2D eigenvalue weighted by molar-refractivity contribution is 0.102. The van der Waals surface area contributed by atoms with E-state index in [-0.39, 0.29) is 11.7 Å². The molecule has 0 fully saturated rings. The number of fused-ring (bicyclic) bond motifs is 1. The first-order valence-corrected chi connectivity index (χ1v) is 9.51. The van der Waals surface area contributed by atoms with Crippen LogP contribution in [0.4, 0.5) is 10.1 Å². The highest BCUT2D eigenvalue weighted by Gasteiger charge is 2.19. The first-order chi connectivity index (χ1) is 14.1. The number of halogens is 1. The molecule has 3 aromatic rings. The Bertz CT molecular complexity index is 1020. The quantitative estimate of drug-likeness (QED) is 0.713. The van der Waals surface area contributed by atoms with Crippen molar-refractivity contribution >= 4 is 11.6 Å². The molecule has 0 saturated heterocycles. The van der Waals surface area contributed by atoms with E-state index in [9.17, 15) is 9.18 Å². The summed E-state index contributed by atoms with van der Waals surface area (Å²) < 4.78 is 19.4. The molecule has 0 saturated carbocycles. The molecule has 0 atom stereocenters. The number of methoxy groups -OCH3 is 1. The molecule has 1 aromatic heterocycles. The Morgan fingerprint density at radius 2 is 2.07 bits per heavy atom. The van der Waals surface area contributed by atoms with Crippen LogP contribution in [0.15, 0.2) is 60.8 Å². The topological polar surface area (TPSA) is 54.5 Å². The first-order valence-electron chi connectivity index (χ1n) is 9.51. The van der Waals surface area contributed by atoms with Crippen LogP contribution in [-0.4, -0.2) is 29.4 Å². The normalized spacial score (nSPS) is 13.6. The van der Waals surface area contributed by atoms with Gasteiger partial charge in [-0.25, -0.2) is 4.39 Å². The zero-order valence-corrected chi connectivity index (χ0v) is 16.2. The molecule has 0 spiro atoms. The zero-order valence-electron chi connectivity index (χ0n) is 16.2. The number of anilines is 1. The van der Waals surface area contributed by atoms with Crippen molar-refractivity contribution in [1.82, 2.24) is 9.88 Å². The van der Waals surface area contributed by atoms with E-state index in [1.165, 1.54) is 18.7 Å². The van der Waals surface area contributed by atoms with E-state index in [1.54, 1.807) is 36.5 Å². The predicted octanol–water partition coefficient (Wildman–Crippen LogP) is 4.04. The van der Waals surface area contributed by atoms with Crippen LogP contribution in [-0.2, 0) is 19.5 Å². The van der Waals surface area contributed by atoms with Crippen molar-refractivity contribution in [2.75, 3.05) is 19.0 Å². The molecule has 2 heterocycles. The smallest absolute Gasteiger partial charge is 0.274 e. The lowest BCUT2D eigenvalue weighted by Crippen LogP contribution is -2.30. The van der Waals surface area contributed by atoms with Gasteiger partial charge in [0.1, 0.15) is 17.3 Å². The largest absolute Gasteiger partial charge is 0.497 e. The van der Waals surface area contributed by atoms with Crippen molar-refractivity contribution < 1.29 is 13.9 Å². The van der Waals surface area contributed by atoms with Crippen molar-refractivity contribution in [3.63, 3.8) is 0 Å². The van der Waals surface area contributed by atoms with Crippen LogP contribution in [0, 0.1) is 5.82 Å². The van der Waals surface area contributed by atoms with Crippen LogP contribution in [0.1, 0.15) is 27.2 Å². The fraction of sp³-hybridized carbons (Fsp3) is 0.217. The summed E-state index contributed by atoms with van der Waals surface area (Å²) in [5, 5.41) is 2.90. The van der Waals surface area contributed by atoms with Gasteiger partial charge in [0.15, 0.2) is 0 Å². The van der Waals surface area contributed by atoms with Crippen LogP contribution in [0.5, 0.6) is 5.75 Å². The van der Waals surface area contributed by atoms with Gasteiger partial charge in [-0.05, 0) is 47.9 Å². The molecular weight excluding hydrogens is 369 g/mol. The summed E-state index contributed by atoms with van der Waals surface area (Å²) in [5.41, 5.74) is 4.16. The van der Waals surface area contributed by atoms with E-state index in [0.29, 0.717) is 30.1 Å². The molecule has 0 bridgehead atoms. The van der Waals surface area contributed by atoms with Gasteiger partial charge in [0.05, 0.1) is 7.11 Å². The zero-order chi connectivity index (χ0) is 20.2. The maximum Gasteiger partial charge on any atom is 0.274 e. The van der Waals surface area contributed by atoms with E-state index in [0.717, 1.165) is 24.2 Å². The number of carbonyl (C=O) groups excluding carboxylic acids is 1. The number of rotatable bonds is 5. The maximum absolute atomic E-state index is 14.3. The van der Waals surface area contributed by atoms with Crippen molar-refractivity contribution in [1.29, 1.82) is 0 Å². The molecule has 6 heteroatoms. The number of carbonyl (C=O) groups is 1. The van der Waals surface area contributed by atoms with E-state index in [1.807, 2.05) is 12.1 Å². The highest BCUT2D eigenvalue weighted by molar-refractivity contribution is 6.02. The second-order valence-corrected chi connectivity index (χ2v) is 7.07. The standard InChI is InChI=1S/C23H22FN3O2/c1-29-20-8-6-17(21(24)13-20)14-27-11-9-16-5-7-19(12-18(16)15-27)26-23(28)22-4-2-3-10-25-22/h2-8,10,12-13H,9,11,14-15H2,1H3,(H,26,28). The van der Waals surface area contributed by atoms with Crippen molar-refractivity contribution in [3.05, 3.63) is 89.0 Å². The molecule has 148 valence electrons. The number of hydrogen-bond donors (Lipinski definition) is 1. The Morgan fingerprint density at radius 1 is 1.17 bits per heavy atom. The van der Waals surface area contributed by atoms with E-state index >= 15 is 0 Å². The first kappa shape index (κ1) is 19.1. The minimum Gasteiger partial charge on any atom is -0.497 e. The van der Waals surface area contributed by atoms with Crippen LogP contribution >= 0.6 is 0 Å². The van der Waals surface area contributed by atoms with Crippen LogP contribution in [0.3, 0.4) is 0 Å². The van der Waals surface area contributed by atoms with Gasteiger partial charge in [-0.3, -0.25) is 14.7 Å². The second-order valence-electron chi connectivity index (χ2n) is 7.07. The fourth-order valence-corrected chi connectivity index (χ4v) is 3.54. The molecule has 4 rings (SSSR count). The van der Waals surface area contributed by atoms with Crippen LogP contribution in [0.2, 0.25) is 0 Å². The number of nitrogens with one attached hydrogen (secondary N) is 1. The van der Waals surface area contributed by atoms with Gasteiger partial charge < -0.3 is 10.1 Å². The summed E-state index contributed by atoms with van der Waals surface area (Å²) in [7, 11) is 1.53. The van der Waals surface area contributed by atoms with Crippen LogP contribution in [0.25, 0.3) is 0 Å². The maximum atomic E-state index is 14.3. The SMILES string of the molecule is COc1ccc(CN2CCc3ccc(NC(=O)c4ccccn4)cc3C2)c(F)c1. The average Bonchev–Trinajstić information content (AvgIpc) is 2.75. The predicted molar refractivity (Wildman–Crippen MR) is 109 cm³/mol. The molecule has 1 aliphatic heterocycles. The molecule has 1 aliphatic rings. The molecule has 2 aromatic carbocycles. The number of pyridine rings is 1. The minimum absolute atomic E-state index is 0.237. The Labute approximate surface area is 169 Å². The van der Waals surface area contributed by atoms with E-state index in [4.69, 9.17) is 4.74 Å². The lowest BCUT2D eigenvalue weighted by Gasteiger charge is -2.29.